The molecule has 1 N–H and O–H groups in total. The minimum Gasteiger partial charge on any atom is -0.350 e. The predicted octanol–water partition coefficient (Wildman–Crippen LogP) is 2.65. The zero-order valence-electron chi connectivity index (χ0n) is 16.6. The number of amides is 1. The zero-order valence-corrected chi connectivity index (χ0v) is 16.6. The standard InChI is InChI=1S/C21H21F2N5O2/c1-14-5-3-6-16-19(14)26(2)21(30,17-8-7-15(22)11-18(17)23)28(20(16)29)10-4-9-27-13-24-12-25-27/h3,5-8,11-13,30H,4,9-10H2,1-2H3. The lowest BCUT2D eigenvalue weighted by Crippen LogP contribution is -2.63. The summed E-state index contributed by atoms with van der Waals surface area (Å²) in [6.45, 7) is 2.38. The van der Waals surface area contributed by atoms with Gasteiger partial charge in [-0.05, 0) is 37.1 Å². The molecular weight excluding hydrogens is 392 g/mol. The summed E-state index contributed by atoms with van der Waals surface area (Å²) in [6.07, 6.45) is 3.40. The number of aryl methyl sites for hydroxylation is 2. The number of anilines is 1. The third-order valence-corrected chi connectivity index (χ3v) is 5.42. The SMILES string of the molecule is Cc1cccc2c1N(C)C(O)(c1ccc(F)cc1F)N(CCCn1cncn1)C2=O. The summed E-state index contributed by atoms with van der Waals surface area (Å²) in [7, 11) is 1.59. The van der Waals surface area contributed by atoms with Crippen LogP contribution in [0.4, 0.5) is 14.5 Å². The topological polar surface area (TPSA) is 74.5 Å². The largest absolute Gasteiger partial charge is 0.350 e. The first-order chi connectivity index (χ1) is 14.3. The van der Waals surface area contributed by atoms with E-state index < -0.39 is 23.4 Å². The molecule has 0 bridgehead atoms. The molecule has 0 saturated heterocycles. The predicted molar refractivity (Wildman–Crippen MR) is 106 cm³/mol. The summed E-state index contributed by atoms with van der Waals surface area (Å²) >= 11 is 0. The Kier molecular flexibility index (Phi) is 4.98. The van der Waals surface area contributed by atoms with Crippen LogP contribution in [0.2, 0.25) is 0 Å². The minimum absolute atomic E-state index is 0.115. The van der Waals surface area contributed by atoms with Gasteiger partial charge in [-0.1, -0.05) is 12.1 Å². The van der Waals surface area contributed by atoms with Crippen LogP contribution in [0.3, 0.4) is 0 Å². The lowest BCUT2D eigenvalue weighted by molar-refractivity contribution is -0.0993. The van der Waals surface area contributed by atoms with Gasteiger partial charge in [0, 0.05) is 26.2 Å². The van der Waals surface area contributed by atoms with E-state index >= 15 is 0 Å². The smallest absolute Gasteiger partial charge is 0.259 e. The zero-order chi connectivity index (χ0) is 21.5. The fraction of sp³-hybridized carbons (Fsp3) is 0.286. The maximum Gasteiger partial charge on any atom is 0.259 e. The number of rotatable bonds is 5. The van der Waals surface area contributed by atoms with Crippen molar-refractivity contribution >= 4 is 11.6 Å². The molecule has 0 spiro atoms. The van der Waals surface area contributed by atoms with Crippen molar-refractivity contribution in [2.75, 3.05) is 18.5 Å². The number of fused-ring (bicyclic) bond motifs is 1. The molecule has 1 unspecified atom stereocenters. The molecule has 156 valence electrons. The van der Waals surface area contributed by atoms with Crippen molar-refractivity contribution in [3.8, 4) is 0 Å². The molecule has 0 fully saturated rings. The molecular formula is C21H21F2N5O2. The number of para-hydroxylation sites is 1. The Morgan fingerprint density at radius 1 is 1.17 bits per heavy atom. The van der Waals surface area contributed by atoms with Crippen LogP contribution in [-0.4, -0.2) is 44.3 Å². The van der Waals surface area contributed by atoms with Crippen molar-refractivity contribution in [3.63, 3.8) is 0 Å². The van der Waals surface area contributed by atoms with E-state index in [1.807, 2.05) is 13.0 Å². The van der Waals surface area contributed by atoms with Gasteiger partial charge in [-0.25, -0.2) is 13.8 Å². The van der Waals surface area contributed by atoms with Crippen LogP contribution in [0.1, 0.15) is 27.9 Å². The Labute approximate surface area is 172 Å². The van der Waals surface area contributed by atoms with E-state index in [2.05, 4.69) is 10.1 Å². The van der Waals surface area contributed by atoms with Gasteiger partial charge in [0.15, 0.2) is 0 Å². The number of aliphatic hydroxyl groups is 1. The molecule has 0 radical (unpaired) electrons. The number of nitrogens with zero attached hydrogens (tertiary/aromatic N) is 5. The van der Waals surface area contributed by atoms with Crippen molar-refractivity contribution in [1.29, 1.82) is 0 Å². The molecule has 1 aliphatic heterocycles. The molecule has 0 saturated carbocycles. The van der Waals surface area contributed by atoms with Gasteiger partial charge >= 0.3 is 0 Å². The summed E-state index contributed by atoms with van der Waals surface area (Å²) in [5.74, 6) is -4.26. The Balaban J connectivity index is 1.80. The summed E-state index contributed by atoms with van der Waals surface area (Å²) < 4.78 is 29.9. The molecule has 3 aromatic rings. The second-order valence-corrected chi connectivity index (χ2v) is 7.26. The number of aromatic nitrogens is 3. The van der Waals surface area contributed by atoms with Gasteiger partial charge in [-0.3, -0.25) is 14.4 Å². The highest BCUT2D eigenvalue weighted by Gasteiger charge is 2.50. The molecule has 0 aliphatic carbocycles. The van der Waals surface area contributed by atoms with Crippen LogP contribution in [-0.2, 0) is 12.4 Å². The fourth-order valence-electron chi connectivity index (χ4n) is 3.98. The third kappa shape index (κ3) is 3.11. The van der Waals surface area contributed by atoms with E-state index in [9.17, 15) is 18.7 Å². The summed E-state index contributed by atoms with van der Waals surface area (Å²) in [5, 5.41) is 15.8. The highest BCUT2D eigenvalue weighted by molar-refractivity contribution is 6.03. The average Bonchev–Trinajstić information content (AvgIpc) is 3.22. The lowest BCUT2D eigenvalue weighted by Gasteiger charge is -2.50. The van der Waals surface area contributed by atoms with E-state index in [0.717, 1.165) is 11.6 Å². The van der Waals surface area contributed by atoms with Crippen LogP contribution in [0.5, 0.6) is 0 Å². The third-order valence-electron chi connectivity index (χ3n) is 5.42. The van der Waals surface area contributed by atoms with Crippen LogP contribution in [0, 0.1) is 18.6 Å². The molecule has 30 heavy (non-hydrogen) atoms. The molecule has 9 heteroatoms. The van der Waals surface area contributed by atoms with Crippen molar-refractivity contribution in [2.24, 2.45) is 0 Å². The van der Waals surface area contributed by atoms with E-state index in [1.54, 1.807) is 30.2 Å². The normalized spacial score (nSPS) is 18.6. The van der Waals surface area contributed by atoms with Crippen LogP contribution < -0.4 is 4.90 Å². The van der Waals surface area contributed by atoms with Gasteiger partial charge in [0.1, 0.15) is 24.3 Å². The Hall–Kier alpha value is -3.33. The highest BCUT2D eigenvalue weighted by Crippen LogP contribution is 2.43. The van der Waals surface area contributed by atoms with Gasteiger partial charge in [-0.2, -0.15) is 5.10 Å². The minimum atomic E-state index is -2.13. The number of hydrogen-bond donors (Lipinski definition) is 1. The highest BCUT2D eigenvalue weighted by atomic mass is 19.1. The Bertz CT molecular complexity index is 1090. The molecule has 2 aromatic carbocycles. The van der Waals surface area contributed by atoms with Gasteiger partial charge < -0.3 is 10.0 Å². The molecule has 2 heterocycles. The van der Waals surface area contributed by atoms with Crippen LogP contribution >= 0.6 is 0 Å². The molecule has 1 atom stereocenters. The van der Waals surface area contributed by atoms with Gasteiger partial charge in [0.25, 0.3) is 11.8 Å². The van der Waals surface area contributed by atoms with Crippen molar-refractivity contribution in [3.05, 3.63) is 77.4 Å². The van der Waals surface area contributed by atoms with Gasteiger partial charge in [0.05, 0.1) is 16.8 Å². The van der Waals surface area contributed by atoms with E-state index in [0.29, 0.717) is 30.3 Å². The fourth-order valence-corrected chi connectivity index (χ4v) is 3.98. The van der Waals surface area contributed by atoms with Crippen molar-refractivity contribution in [1.82, 2.24) is 19.7 Å². The second-order valence-electron chi connectivity index (χ2n) is 7.26. The number of carbonyl (C=O) groups is 1. The van der Waals surface area contributed by atoms with E-state index in [1.165, 1.54) is 22.2 Å². The molecule has 1 aromatic heterocycles. The molecule has 7 nitrogen and oxygen atoms in total. The van der Waals surface area contributed by atoms with Crippen molar-refractivity contribution in [2.45, 2.75) is 25.7 Å². The summed E-state index contributed by atoms with van der Waals surface area (Å²) in [4.78, 5) is 19.9. The molecule has 1 amide bonds. The number of carbonyl (C=O) groups excluding carboxylic acids is 1. The maximum atomic E-state index is 14.8. The Morgan fingerprint density at radius 2 is 1.97 bits per heavy atom. The van der Waals surface area contributed by atoms with E-state index in [4.69, 9.17) is 0 Å². The van der Waals surface area contributed by atoms with Crippen LogP contribution in [0.15, 0.2) is 49.1 Å². The number of benzene rings is 2. The van der Waals surface area contributed by atoms with Crippen molar-refractivity contribution < 1.29 is 18.7 Å². The first-order valence-electron chi connectivity index (χ1n) is 9.49. The van der Waals surface area contributed by atoms with Crippen LogP contribution in [0.25, 0.3) is 0 Å². The number of hydrogen-bond acceptors (Lipinski definition) is 5. The second kappa shape index (κ2) is 7.49. The lowest BCUT2D eigenvalue weighted by atomic mass is 9.96. The van der Waals surface area contributed by atoms with Gasteiger partial charge in [0.2, 0.25) is 0 Å². The summed E-state index contributed by atoms with van der Waals surface area (Å²) in [6, 6.07) is 8.18. The summed E-state index contributed by atoms with van der Waals surface area (Å²) in [5.41, 5.74) is 1.47. The number of halogens is 2. The molecule has 4 rings (SSSR count). The first kappa shape index (κ1) is 20.0. The molecule has 1 aliphatic rings. The monoisotopic (exact) mass is 413 g/mol. The quantitative estimate of drug-likeness (QED) is 0.696. The van der Waals surface area contributed by atoms with Gasteiger partial charge in [-0.15, -0.1) is 0 Å². The van der Waals surface area contributed by atoms with E-state index in [-0.39, 0.29) is 12.1 Å². The first-order valence-corrected chi connectivity index (χ1v) is 9.49. The Morgan fingerprint density at radius 3 is 2.67 bits per heavy atom. The maximum absolute atomic E-state index is 14.8. The average molecular weight is 413 g/mol.